The molecule has 1 amide bonds. The number of carbonyl (C=O) groups excluding carboxylic acids is 1. The number of aromatic nitrogens is 1. The Balaban J connectivity index is 0.00000180. The Morgan fingerprint density at radius 2 is 1.90 bits per heavy atom. The van der Waals surface area contributed by atoms with Crippen LogP contribution in [0, 0.1) is 0 Å². The van der Waals surface area contributed by atoms with Crippen LogP contribution in [-0.4, -0.2) is 48.0 Å². The van der Waals surface area contributed by atoms with Gasteiger partial charge in [0.05, 0.1) is 11.1 Å². The van der Waals surface area contributed by atoms with Crippen LogP contribution in [0.5, 0.6) is 0 Å². The third-order valence-corrected chi connectivity index (χ3v) is 3.24. The molecule has 1 atom stereocenters. The molecule has 20 heavy (non-hydrogen) atoms. The number of anilines is 1. The number of pyridine rings is 1. The van der Waals surface area contributed by atoms with E-state index in [1.807, 2.05) is 12.1 Å². The van der Waals surface area contributed by atoms with E-state index in [1.165, 1.54) is 0 Å². The third-order valence-electron chi connectivity index (χ3n) is 3.02. The number of piperazine rings is 1. The predicted octanol–water partition coefficient (Wildman–Crippen LogP) is 1.57. The Morgan fingerprint density at radius 3 is 2.35 bits per heavy atom. The van der Waals surface area contributed by atoms with Crippen LogP contribution in [0.1, 0.15) is 6.92 Å². The molecule has 0 radical (unpaired) electrons. The number of hydrogen-bond acceptors (Lipinski definition) is 4. The number of nitrogens with zero attached hydrogens (tertiary/aromatic N) is 3. The minimum absolute atomic E-state index is 0. The van der Waals surface area contributed by atoms with Crippen LogP contribution in [0.3, 0.4) is 0 Å². The lowest BCUT2D eigenvalue weighted by molar-refractivity contribution is -0.132. The van der Waals surface area contributed by atoms with Crippen molar-refractivity contribution in [2.24, 2.45) is 5.73 Å². The van der Waals surface area contributed by atoms with Crippen LogP contribution in [0.2, 0.25) is 5.02 Å². The summed E-state index contributed by atoms with van der Waals surface area (Å²) in [6.07, 6.45) is 1.64. The Kier molecular flexibility index (Phi) is 8.20. The van der Waals surface area contributed by atoms with Gasteiger partial charge >= 0.3 is 0 Å². The van der Waals surface area contributed by atoms with Crippen molar-refractivity contribution in [3.63, 3.8) is 0 Å². The van der Waals surface area contributed by atoms with Gasteiger partial charge in [-0.25, -0.2) is 4.98 Å². The standard InChI is InChI=1S/C12H17ClN4O.2ClH/c1-9(14)12(18)17-6-4-16(5-7-17)11-3-2-10(13)8-15-11;;/h2-3,8-9H,4-7,14H2,1H3;2*1H/t9-;;/m1../s1. The number of amides is 1. The van der Waals surface area contributed by atoms with Crippen molar-refractivity contribution >= 4 is 48.1 Å². The molecule has 2 N–H and O–H groups in total. The molecule has 1 fully saturated rings. The summed E-state index contributed by atoms with van der Waals surface area (Å²) in [5.41, 5.74) is 5.60. The molecule has 2 heterocycles. The largest absolute Gasteiger partial charge is 0.353 e. The van der Waals surface area contributed by atoms with E-state index in [-0.39, 0.29) is 30.7 Å². The van der Waals surface area contributed by atoms with Crippen molar-refractivity contribution in [1.82, 2.24) is 9.88 Å². The number of hydrogen-bond donors (Lipinski definition) is 1. The molecule has 0 spiro atoms. The molecule has 0 saturated carbocycles. The van der Waals surface area contributed by atoms with E-state index in [0.717, 1.165) is 18.9 Å². The highest BCUT2D eigenvalue weighted by Gasteiger charge is 2.23. The number of halogens is 3. The monoisotopic (exact) mass is 340 g/mol. The lowest BCUT2D eigenvalue weighted by Crippen LogP contribution is -2.52. The van der Waals surface area contributed by atoms with Gasteiger partial charge in [0.2, 0.25) is 5.91 Å². The molecule has 0 bridgehead atoms. The summed E-state index contributed by atoms with van der Waals surface area (Å²) < 4.78 is 0. The van der Waals surface area contributed by atoms with Gasteiger partial charge in [0, 0.05) is 32.4 Å². The Labute approximate surface area is 136 Å². The van der Waals surface area contributed by atoms with E-state index in [0.29, 0.717) is 18.1 Å². The van der Waals surface area contributed by atoms with Gasteiger partial charge in [-0.05, 0) is 19.1 Å². The van der Waals surface area contributed by atoms with Gasteiger partial charge in [0.1, 0.15) is 5.82 Å². The van der Waals surface area contributed by atoms with E-state index in [9.17, 15) is 4.79 Å². The van der Waals surface area contributed by atoms with E-state index in [4.69, 9.17) is 17.3 Å². The molecule has 1 aliphatic heterocycles. The number of carbonyl (C=O) groups is 1. The zero-order valence-corrected chi connectivity index (χ0v) is 13.5. The van der Waals surface area contributed by atoms with E-state index in [1.54, 1.807) is 18.0 Å². The zero-order chi connectivity index (χ0) is 13.1. The van der Waals surface area contributed by atoms with Crippen LogP contribution < -0.4 is 10.6 Å². The molecule has 114 valence electrons. The average Bonchev–Trinajstić information content (AvgIpc) is 2.39. The van der Waals surface area contributed by atoms with E-state index in [2.05, 4.69) is 9.88 Å². The van der Waals surface area contributed by atoms with E-state index >= 15 is 0 Å². The zero-order valence-electron chi connectivity index (χ0n) is 11.2. The van der Waals surface area contributed by atoms with Crippen molar-refractivity contribution in [2.45, 2.75) is 13.0 Å². The Hall–Kier alpha value is -0.750. The first kappa shape index (κ1) is 19.2. The molecular formula is C12H19Cl3N4O. The minimum atomic E-state index is -0.426. The smallest absolute Gasteiger partial charge is 0.239 e. The van der Waals surface area contributed by atoms with Gasteiger partial charge in [0.15, 0.2) is 0 Å². The SMILES string of the molecule is C[C@@H](N)C(=O)N1CCN(c2ccc(Cl)cn2)CC1.Cl.Cl. The maximum atomic E-state index is 11.7. The van der Waals surface area contributed by atoms with Crippen LogP contribution in [0.4, 0.5) is 5.82 Å². The quantitative estimate of drug-likeness (QED) is 0.887. The molecule has 1 aromatic rings. The predicted molar refractivity (Wildman–Crippen MR) is 86.2 cm³/mol. The molecule has 1 aromatic heterocycles. The van der Waals surface area contributed by atoms with Crippen LogP contribution in [0.25, 0.3) is 0 Å². The summed E-state index contributed by atoms with van der Waals surface area (Å²) in [5.74, 6) is 0.908. The van der Waals surface area contributed by atoms with Crippen molar-refractivity contribution in [1.29, 1.82) is 0 Å². The second-order valence-corrected chi connectivity index (χ2v) is 4.87. The van der Waals surface area contributed by atoms with Gasteiger partial charge < -0.3 is 15.5 Å². The lowest BCUT2D eigenvalue weighted by Gasteiger charge is -2.36. The molecule has 0 aliphatic carbocycles. The fraction of sp³-hybridized carbons (Fsp3) is 0.500. The average molecular weight is 342 g/mol. The highest BCUT2D eigenvalue weighted by atomic mass is 35.5. The summed E-state index contributed by atoms with van der Waals surface area (Å²) in [4.78, 5) is 20.0. The highest BCUT2D eigenvalue weighted by Crippen LogP contribution is 2.16. The summed E-state index contributed by atoms with van der Waals surface area (Å²) in [6.45, 7) is 4.63. The van der Waals surface area contributed by atoms with Crippen molar-refractivity contribution < 1.29 is 4.79 Å². The summed E-state index contributed by atoms with van der Waals surface area (Å²) in [7, 11) is 0. The van der Waals surface area contributed by atoms with Crippen LogP contribution in [0.15, 0.2) is 18.3 Å². The molecule has 5 nitrogen and oxygen atoms in total. The van der Waals surface area contributed by atoms with Gasteiger partial charge in [0.25, 0.3) is 0 Å². The van der Waals surface area contributed by atoms with Gasteiger partial charge in [-0.1, -0.05) is 11.6 Å². The molecule has 2 rings (SSSR count). The number of rotatable bonds is 2. The van der Waals surface area contributed by atoms with Crippen molar-refractivity contribution in [3.05, 3.63) is 23.4 Å². The first-order valence-corrected chi connectivity index (χ1v) is 6.36. The third kappa shape index (κ3) is 4.66. The summed E-state index contributed by atoms with van der Waals surface area (Å²) in [6, 6.07) is 3.29. The normalized spacial score (nSPS) is 15.9. The fourth-order valence-corrected chi connectivity index (χ4v) is 2.11. The van der Waals surface area contributed by atoms with Gasteiger partial charge in [-0.3, -0.25) is 4.79 Å². The Morgan fingerprint density at radius 1 is 1.30 bits per heavy atom. The molecule has 0 unspecified atom stereocenters. The van der Waals surface area contributed by atoms with Gasteiger partial charge in [-0.15, -0.1) is 24.8 Å². The van der Waals surface area contributed by atoms with Crippen LogP contribution in [-0.2, 0) is 4.79 Å². The summed E-state index contributed by atoms with van der Waals surface area (Å²) >= 11 is 5.80. The first-order chi connectivity index (χ1) is 8.58. The second kappa shape index (κ2) is 8.52. The highest BCUT2D eigenvalue weighted by molar-refractivity contribution is 6.30. The van der Waals surface area contributed by atoms with E-state index < -0.39 is 6.04 Å². The molecular weight excluding hydrogens is 323 g/mol. The topological polar surface area (TPSA) is 62.5 Å². The van der Waals surface area contributed by atoms with Crippen LogP contribution >= 0.6 is 36.4 Å². The maximum Gasteiger partial charge on any atom is 0.239 e. The fourth-order valence-electron chi connectivity index (χ4n) is 2.00. The second-order valence-electron chi connectivity index (χ2n) is 4.44. The molecule has 1 saturated heterocycles. The maximum absolute atomic E-state index is 11.7. The lowest BCUT2D eigenvalue weighted by atomic mass is 10.2. The molecule has 1 aliphatic rings. The molecule has 0 aromatic carbocycles. The summed E-state index contributed by atoms with van der Waals surface area (Å²) in [5, 5.41) is 0.629. The minimum Gasteiger partial charge on any atom is -0.353 e. The van der Waals surface area contributed by atoms with Crippen molar-refractivity contribution in [3.8, 4) is 0 Å². The Bertz CT molecular complexity index is 419. The number of nitrogens with two attached hydrogens (primary N) is 1. The molecule has 8 heteroatoms. The van der Waals surface area contributed by atoms with Gasteiger partial charge in [-0.2, -0.15) is 0 Å². The first-order valence-electron chi connectivity index (χ1n) is 5.99. The van der Waals surface area contributed by atoms with Crippen molar-refractivity contribution in [2.75, 3.05) is 31.1 Å².